The molecule has 1 saturated heterocycles. The van der Waals surface area contributed by atoms with Gasteiger partial charge in [-0.15, -0.1) is 0 Å². The molecule has 1 fully saturated rings. The summed E-state index contributed by atoms with van der Waals surface area (Å²) < 4.78 is 40.7. The summed E-state index contributed by atoms with van der Waals surface area (Å²) in [5, 5.41) is -0.225. The van der Waals surface area contributed by atoms with Gasteiger partial charge in [-0.25, -0.2) is 9.18 Å². The molecule has 0 unspecified atom stereocenters. The van der Waals surface area contributed by atoms with Gasteiger partial charge in [0.1, 0.15) is 12.7 Å². The lowest BCUT2D eigenvalue weighted by Gasteiger charge is -2.41. The molecule has 11 nitrogen and oxygen atoms in total. The highest BCUT2D eigenvalue weighted by Crippen LogP contribution is 2.30. The summed E-state index contributed by atoms with van der Waals surface area (Å²) in [5.74, 6) is -2.41. The van der Waals surface area contributed by atoms with Crippen LogP contribution in [-0.2, 0) is 42.9 Å². The van der Waals surface area contributed by atoms with Gasteiger partial charge in [0.15, 0.2) is 17.3 Å². The van der Waals surface area contributed by atoms with E-state index in [9.17, 15) is 24.0 Å². The Bertz CT molecular complexity index is 706. The smallest absolute Gasteiger partial charge is 0.412 e. The van der Waals surface area contributed by atoms with Crippen LogP contribution in [0.2, 0.25) is 0 Å². The van der Waals surface area contributed by atoms with E-state index < -0.39 is 61.4 Å². The molecule has 5 atom stereocenters. The molecule has 0 aliphatic carbocycles. The van der Waals surface area contributed by atoms with Crippen LogP contribution in [0, 0.1) is 0 Å². The third kappa shape index (κ3) is 8.99. The number of amides is 1. The fraction of sp³-hybridized carbons (Fsp3) is 0.737. The summed E-state index contributed by atoms with van der Waals surface area (Å²) in [6.45, 7) is 6.08. The largest absolute Gasteiger partial charge is 0.463 e. The number of carbonyl (C=O) groups excluding carboxylic acids is 5. The van der Waals surface area contributed by atoms with Gasteiger partial charge in [0.05, 0.1) is 5.88 Å². The maximum Gasteiger partial charge on any atom is 0.412 e. The number of carbonyl (C=O) groups is 5. The lowest BCUT2D eigenvalue weighted by Crippen LogP contribution is -2.61. The molecule has 0 N–H and O–H groups in total. The van der Waals surface area contributed by atoms with Crippen LogP contribution in [-0.4, -0.2) is 83.8 Å². The fourth-order valence-corrected chi connectivity index (χ4v) is 3.35. The fourth-order valence-electron chi connectivity index (χ4n) is 2.78. The lowest BCUT2D eigenvalue weighted by molar-refractivity contribution is -0.279. The lowest BCUT2D eigenvalue weighted by atomic mass is 9.99. The summed E-state index contributed by atoms with van der Waals surface area (Å²) in [7, 11) is 0. The molecule has 1 aliphatic heterocycles. The van der Waals surface area contributed by atoms with Gasteiger partial charge < -0.3 is 23.7 Å². The van der Waals surface area contributed by atoms with Crippen molar-refractivity contribution >= 4 is 40.9 Å². The first kappa shape index (κ1) is 27.6. The number of ether oxygens (including phenoxy) is 5. The van der Waals surface area contributed by atoms with E-state index in [2.05, 4.69) is 0 Å². The van der Waals surface area contributed by atoms with Gasteiger partial charge in [-0.1, -0.05) is 18.7 Å². The summed E-state index contributed by atoms with van der Waals surface area (Å²) in [6.07, 6.45) is -8.94. The maximum atomic E-state index is 15.2. The Hall–Kier alpha value is -2.41. The number of halogens is 1. The predicted molar refractivity (Wildman–Crippen MR) is 108 cm³/mol. The van der Waals surface area contributed by atoms with Crippen LogP contribution in [0.1, 0.15) is 41.0 Å². The summed E-state index contributed by atoms with van der Waals surface area (Å²) in [5.41, 5.74) is 0. The van der Waals surface area contributed by atoms with E-state index in [1.807, 2.05) is 0 Å². The van der Waals surface area contributed by atoms with Crippen molar-refractivity contribution in [1.82, 2.24) is 4.90 Å². The van der Waals surface area contributed by atoms with E-state index in [0.29, 0.717) is 6.42 Å². The monoisotopic (exact) mass is 481 g/mol. The summed E-state index contributed by atoms with van der Waals surface area (Å²) >= 11 is 0.866. The van der Waals surface area contributed by atoms with Gasteiger partial charge in [-0.3, -0.25) is 24.1 Å². The highest BCUT2D eigenvalue weighted by molar-refractivity contribution is 8.13. The number of rotatable bonds is 9. The molecule has 0 aromatic rings. The van der Waals surface area contributed by atoms with Crippen molar-refractivity contribution in [3.8, 4) is 0 Å². The quantitative estimate of drug-likeness (QED) is 0.270. The van der Waals surface area contributed by atoms with Crippen LogP contribution in [0.3, 0.4) is 0 Å². The van der Waals surface area contributed by atoms with E-state index in [1.165, 1.54) is 11.8 Å². The number of thioether (sulfide) groups is 1. The Morgan fingerprint density at radius 1 is 0.938 bits per heavy atom. The Labute approximate surface area is 189 Å². The zero-order chi connectivity index (χ0) is 24.4. The zero-order valence-corrected chi connectivity index (χ0v) is 19.3. The van der Waals surface area contributed by atoms with Gasteiger partial charge >= 0.3 is 24.0 Å². The van der Waals surface area contributed by atoms with Gasteiger partial charge in [0.25, 0.3) is 0 Å². The molecule has 0 spiro atoms. The Morgan fingerprint density at radius 2 is 1.53 bits per heavy atom. The van der Waals surface area contributed by atoms with Gasteiger partial charge in [-0.05, 0) is 6.42 Å². The molecule has 0 aromatic carbocycles. The first-order chi connectivity index (χ1) is 15.0. The van der Waals surface area contributed by atoms with Gasteiger partial charge in [-0.2, -0.15) is 0 Å². The molecule has 1 amide bonds. The standard InChI is InChI=1S/C19H28FNO10S/c1-6-7-21(9-32-13(5)25)19(26)31-18-15(20)17(29-12(4)24)16(28-11(3)23)14(30-18)8-27-10(2)22/h14-18H,6-9H2,1-5H3/t14-,15-,16-,17-,18+/m1/s1. The Balaban J connectivity index is 3.11. The molecule has 0 bridgehead atoms. The number of esters is 3. The van der Waals surface area contributed by atoms with Crippen LogP contribution in [0.5, 0.6) is 0 Å². The average Bonchev–Trinajstić information content (AvgIpc) is 2.67. The van der Waals surface area contributed by atoms with E-state index in [0.717, 1.165) is 32.5 Å². The van der Waals surface area contributed by atoms with Crippen LogP contribution >= 0.6 is 11.8 Å². The average molecular weight is 481 g/mol. The van der Waals surface area contributed by atoms with Crippen molar-refractivity contribution in [2.75, 3.05) is 19.0 Å². The van der Waals surface area contributed by atoms with Crippen molar-refractivity contribution in [1.29, 1.82) is 0 Å². The molecule has 1 rings (SSSR count). The van der Waals surface area contributed by atoms with E-state index in [-0.39, 0.29) is 17.5 Å². The number of alkyl halides is 1. The molecule has 32 heavy (non-hydrogen) atoms. The Kier molecular flexibility index (Phi) is 11.4. The van der Waals surface area contributed by atoms with Crippen molar-refractivity contribution < 1.29 is 52.0 Å². The normalized spacial score (nSPS) is 24.8. The highest BCUT2D eigenvalue weighted by atomic mass is 32.2. The van der Waals surface area contributed by atoms with E-state index in [4.69, 9.17) is 23.7 Å². The van der Waals surface area contributed by atoms with Crippen LogP contribution in [0.4, 0.5) is 9.18 Å². The molecular formula is C19H28FNO10S. The highest BCUT2D eigenvalue weighted by Gasteiger charge is 2.52. The second-order valence-electron chi connectivity index (χ2n) is 6.85. The van der Waals surface area contributed by atoms with Crippen molar-refractivity contribution in [3.63, 3.8) is 0 Å². The second-order valence-corrected chi connectivity index (χ2v) is 7.97. The molecular weight excluding hydrogens is 453 g/mol. The van der Waals surface area contributed by atoms with Crippen LogP contribution in [0.15, 0.2) is 0 Å². The van der Waals surface area contributed by atoms with Crippen LogP contribution < -0.4 is 0 Å². The summed E-state index contributed by atoms with van der Waals surface area (Å²) in [4.78, 5) is 59.2. The Morgan fingerprint density at radius 3 is 2.03 bits per heavy atom. The first-order valence-corrected chi connectivity index (χ1v) is 10.8. The zero-order valence-electron chi connectivity index (χ0n) is 18.5. The predicted octanol–water partition coefficient (Wildman–Crippen LogP) is 1.56. The molecule has 1 heterocycles. The summed E-state index contributed by atoms with van der Waals surface area (Å²) in [6, 6.07) is 0. The minimum Gasteiger partial charge on any atom is -0.463 e. The molecule has 182 valence electrons. The minimum absolute atomic E-state index is 0.0218. The molecule has 13 heteroatoms. The molecule has 1 aliphatic rings. The van der Waals surface area contributed by atoms with E-state index >= 15 is 4.39 Å². The van der Waals surface area contributed by atoms with E-state index in [1.54, 1.807) is 6.92 Å². The number of hydrogen-bond donors (Lipinski definition) is 0. The minimum atomic E-state index is -2.22. The first-order valence-electron chi connectivity index (χ1n) is 9.82. The number of hydrogen-bond acceptors (Lipinski definition) is 11. The third-order valence-corrected chi connectivity index (χ3v) is 4.87. The number of nitrogens with zero attached hydrogens (tertiary/aromatic N) is 1. The van der Waals surface area contributed by atoms with Crippen molar-refractivity contribution in [3.05, 3.63) is 0 Å². The van der Waals surface area contributed by atoms with Crippen molar-refractivity contribution in [2.24, 2.45) is 0 Å². The second kappa shape index (κ2) is 13.2. The third-order valence-electron chi connectivity index (χ3n) is 4.02. The SMILES string of the molecule is CCCN(CSC(C)=O)C(=O)O[C@@H]1O[C@H](COC(C)=O)[C@@H](OC(C)=O)[C@H](OC(C)=O)[C@H]1F. The topological polar surface area (TPSA) is 135 Å². The van der Waals surface area contributed by atoms with Gasteiger partial charge in [0, 0.05) is 34.2 Å². The molecule has 0 saturated carbocycles. The van der Waals surface area contributed by atoms with Crippen LogP contribution in [0.25, 0.3) is 0 Å². The van der Waals surface area contributed by atoms with Gasteiger partial charge in [0.2, 0.25) is 12.5 Å². The molecule has 0 radical (unpaired) electrons. The van der Waals surface area contributed by atoms with Crippen molar-refractivity contribution in [2.45, 2.75) is 71.8 Å². The molecule has 0 aromatic heterocycles. The maximum absolute atomic E-state index is 15.2.